The number of hydrogen-bond acceptors (Lipinski definition) is 3. The van der Waals surface area contributed by atoms with Crippen LogP contribution in [0.5, 0.6) is 5.88 Å². The van der Waals surface area contributed by atoms with Crippen LogP contribution in [0.4, 0.5) is 13.2 Å². The highest BCUT2D eigenvalue weighted by Crippen LogP contribution is 2.31. The number of hydrogen-bond donors (Lipinski definition) is 1. The first kappa shape index (κ1) is 17.3. The highest BCUT2D eigenvalue weighted by molar-refractivity contribution is 5.85. The molecule has 1 heterocycles. The van der Waals surface area contributed by atoms with E-state index in [9.17, 15) is 13.2 Å². The van der Waals surface area contributed by atoms with Gasteiger partial charge in [0.1, 0.15) is 0 Å². The Morgan fingerprint density at radius 3 is 2.43 bits per heavy atom. The molecule has 0 saturated carbocycles. The highest BCUT2D eigenvalue weighted by Gasteiger charge is 2.30. The fourth-order valence-corrected chi connectivity index (χ4v) is 1.80. The van der Waals surface area contributed by atoms with Crippen LogP contribution in [0.2, 0.25) is 0 Å². The minimum absolute atomic E-state index is 0. The van der Waals surface area contributed by atoms with Crippen LogP contribution in [0.1, 0.15) is 22.9 Å². The average Bonchev–Trinajstić information content (AvgIpc) is 2.46. The van der Waals surface area contributed by atoms with Crippen LogP contribution in [0.15, 0.2) is 42.5 Å². The molecule has 7 heteroatoms. The van der Waals surface area contributed by atoms with E-state index in [1.807, 2.05) is 0 Å². The van der Waals surface area contributed by atoms with Gasteiger partial charge in [-0.1, -0.05) is 18.2 Å². The van der Waals surface area contributed by atoms with Crippen LogP contribution >= 0.6 is 12.4 Å². The van der Waals surface area contributed by atoms with Gasteiger partial charge in [-0.05, 0) is 23.8 Å². The van der Waals surface area contributed by atoms with Gasteiger partial charge >= 0.3 is 6.18 Å². The third kappa shape index (κ3) is 4.09. The molecule has 0 fully saturated rings. The summed E-state index contributed by atoms with van der Waals surface area (Å²) in [5.41, 5.74) is 6.03. The fraction of sp³-hybridized carbons (Fsp3) is 0.214. The molecule has 2 rings (SSSR count). The molecule has 0 bridgehead atoms. The van der Waals surface area contributed by atoms with Crippen molar-refractivity contribution in [2.75, 3.05) is 7.11 Å². The monoisotopic (exact) mass is 318 g/mol. The molecule has 1 aromatic heterocycles. The second-order valence-electron chi connectivity index (χ2n) is 4.21. The first-order chi connectivity index (χ1) is 9.41. The van der Waals surface area contributed by atoms with Crippen molar-refractivity contribution in [3.05, 3.63) is 59.3 Å². The zero-order chi connectivity index (χ0) is 14.8. The Morgan fingerprint density at radius 1 is 1.14 bits per heavy atom. The maximum absolute atomic E-state index is 12.7. The van der Waals surface area contributed by atoms with Crippen molar-refractivity contribution < 1.29 is 17.9 Å². The van der Waals surface area contributed by atoms with E-state index in [0.717, 1.165) is 12.1 Å². The fourth-order valence-electron chi connectivity index (χ4n) is 1.80. The zero-order valence-electron chi connectivity index (χ0n) is 11.1. The molecule has 1 aromatic carbocycles. The number of aromatic nitrogens is 1. The molecule has 0 aliphatic rings. The van der Waals surface area contributed by atoms with Crippen molar-refractivity contribution in [3.63, 3.8) is 0 Å². The van der Waals surface area contributed by atoms with E-state index in [2.05, 4.69) is 4.98 Å². The Morgan fingerprint density at radius 2 is 1.81 bits per heavy atom. The molecule has 0 aliphatic heterocycles. The van der Waals surface area contributed by atoms with E-state index in [4.69, 9.17) is 10.5 Å². The van der Waals surface area contributed by atoms with E-state index in [-0.39, 0.29) is 12.4 Å². The molecule has 0 amide bonds. The van der Waals surface area contributed by atoms with Crippen molar-refractivity contribution in [3.8, 4) is 5.88 Å². The van der Waals surface area contributed by atoms with E-state index in [0.29, 0.717) is 17.1 Å². The number of nitrogens with two attached hydrogens (primary N) is 1. The molecule has 3 nitrogen and oxygen atoms in total. The van der Waals surface area contributed by atoms with Crippen LogP contribution < -0.4 is 10.5 Å². The van der Waals surface area contributed by atoms with Crippen LogP contribution in [0, 0.1) is 0 Å². The predicted molar refractivity (Wildman–Crippen MR) is 75.5 cm³/mol. The highest BCUT2D eigenvalue weighted by atomic mass is 35.5. The molecule has 1 atom stereocenters. The second kappa shape index (κ2) is 6.78. The number of nitrogens with zero attached hydrogens (tertiary/aromatic N) is 1. The van der Waals surface area contributed by atoms with E-state index in [1.165, 1.54) is 13.2 Å². The first-order valence-corrected chi connectivity index (χ1v) is 5.85. The van der Waals surface area contributed by atoms with Gasteiger partial charge in [-0.2, -0.15) is 13.2 Å². The lowest BCUT2D eigenvalue weighted by Gasteiger charge is -2.14. The Hall–Kier alpha value is -1.79. The number of rotatable bonds is 3. The van der Waals surface area contributed by atoms with Gasteiger partial charge in [0.2, 0.25) is 5.88 Å². The molecular weight excluding hydrogens is 305 g/mol. The molecule has 2 N–H and O–H groups in total. The summed E-state index contributed by atoms with van der Waals surface area (Å²) in [6.07, 6.45) is -4.39. The van der Waals surface area contributed by atoms with Crippen molar-refractivity contribution in [1.82, 2.24) is 4.98 Å². The van der Waals surface area contributed by atoms with Crippen LogP contribution in [-0.2, 0) is 6.18 Å². The Labute approximate surface area is 126 Å². The maximum atomic E-state index is 12.7. The third-order valence-electron chi connectivity index (χ3n) is 2.85. The quantitative estimate of drug-likeness (QED) is 0.941. The third-order valence-corrected chi connectivity index (χ3v) is 2.85. The maximum Gasteiger partial charge on any atom is 0.416 e. The van der Waals surface area contributed by atoms with Gasteiger partial charge in [0.25, 0.3) is 0 Å². The van der Waals surface area contributed by atoms with Gasteiger partial charge in [0.15, 0.2) is 0 Å². The van der Waals surface area contributed by atoms with E-state index >= 15 is 0 Å². The predicted octanol–water partition coefficient (Wildman–Crippen LogP) is 3.58. The number of ether oxygens (including phenoxy) is 1. The number of pyridine rings is 1. The van der Waals surface area contributed by atoms with Gasteiger partial charge in [-0.15, -0.1) is 12.4 Å². The second-order valence-corrected chi connectivity index (χ2v) is 4.21. The van der Waals surface area contributed by atoms with Crippen LogP contribution in [-0.4, -0.2) is 12.1 Å². The SMILES string of the molecule is COc1cccc(C(N)c2cccc(C(F)(F)F)c2)n1.Cl. The van der Waals surface area contributed by atoms with Gasteiger partial charge in [-0.25, -0.2) is 4.98 Å². The summed E-state index contributed by atoms with van der Waals surface area (Å²) in [5.74, 6) is 0.366. The summed E-state index contributed by atoms with van der Waals surface area (Å²) in [5, 5.41) is 0. The van der Waals surface area contributed by atoms with Crippen LogP contribution in [0.25, 0.3) is 0 Å². The van der Waals surface area contributed by atoms with Crippen molar-refractivity contribution in [1.29, 1.82) is 0 Å². The molecular formula is C14H14ClF3N2O. The minimum atomic E-state index is -4.39. The summed E-state index contributed by atoms with van der Waals surface area (Å²) < 4.78 is 43.0. The molecule has 21 heavy (non-hydrogen) atoms. The van der Waals surface area contributed by atoms with E-state index in [1.54, 1.807) is 24.3 Å². The smallest absolute Gasteiger partial charge is 0.416 e. The molecule has 0 aliphatic carbocycles. The molecule has 0 saturated heterocycles. The summed E-state index contributed by atoms with van der Waals surface area (Å²) in [6.45, 7) is 0. The standard InChI is InChI=1S/C14H13F3N2O.ClH/c1-20-12-7-3-6-11(19-12)13(18)9-4-2-5-10(8-9)14(15,16)17;/h2-8,13H,18H2,1H3;1H. The minimum Gasteiger partial charge on any atom is -0.481 e. The molecule has 2 aromatic rings. The van der Waals surface area contributed by atoms with Gasteiger partial charge in [-0.3, -0.25) is 0 Å². The zero-order valence-corrected chi connectivity index (χ0v) is 11.9. The molecule has 114 valence electrons. The Kier molecular flexibility index (Phi) is 5.57. The lowest BCUT2D eigenvalue weighted by molar-refractivity contribution is -0.137. The normalized spacial score (nSPS) is 12.4. The van der Waals surface area contributed by atoms with Crippen molar-refractivity contribution in [2.45, 2.75) is 12.2 Å². The Bertz CT molecular complexity index is 605. The number of alkyl halides is 3. The van der Waals surface area contributed by atoms with Crippen LogP contribution in [0.3, 0.4) is 0 Å². The molecule has 1 unspecified atom stereocenters. The average molecular weight is 319 g/mol. The molecule has 0 radical (unpaired) electrons. The topological polar surface area (TPSA) is 48.1 Å². The lowest BCUT2D eigenvalue weighted by Crippen LogP contribution is -2.15. The van der Waals surface area contributed by atoms with E-state index < -0.39 is 17.8 Å². The van der Waals surface area contributed by atoms with Gasteiger partial charge in [0, 0.05) is 6.07 Å². The molecule has 0 spiro atoms. The largest absolute Gasteiger partial charge is 0.481 e. The summed E-state index contributed by atoms with van der Waals surface area (Å²) in [4.78, 5) is 4.13. The number of benzene rings is 1. The number of halogens is 4. The van der Waals surface area contributed by atoms with Gasteiger partial charge < -0.3 is 10.5 Å². The lowest BCUT2D eigenvalue weighted by atomic mass is 10.0. The summed E-state index contributed by atoms with van der Waals surface area (Å²) in [7, 11) is 1.46. The summed E-state index contributed by atoms with van der Waals surface area (Å²) in [6, 6.07) is 9.15. The van der Waals surface area contributed by atoms with Crippen molar-refractivity contribution in [2.24, 2.45) is 5.73 Å². The number of methoxy groups -OCH3 is 1. The first-order valence-electron chi connectivity index (χ1n) is 5.85. The Balaban J connectivity index is 0.00000220. The summed E-state index contributed by atoms with van der Waals surface area (Å²) >= 11 is 0. The van der Waals surface area contributed by atoms with Crippen molar-refractivity contribution >= 4 is 12.4 Å². The van der Waals surface area contributed by atoms with Gasteiger partial charge in [0.05, 0.1) is 24.4 Å².